The molecule has 0 saturated carbocycles. The van der Waals surface area contributed by atoms with Crippen molar-refractivity contribution >= 4 is 32.9 Å². The van der Waals surface area contributed by atoms with E-state index in [1.165, 1.54) is 11.3 Å². The van der Waals surface area contributed by atoms with Crippen LogP contribution in [0.4, 0.5) is 0 Å². The second kappa shape index (κ2) is 7.28. The van der Waals surface area contributed by atoms with Crippen LogP contribution in [-0.2, 0) is 0 Å². The van der Waals surface area contributed by atoms with Crippen molar-refractivity contribution in [1.82, 2.24) is 14.9 Å². The molecule has 0 aliphatic carbocycles. The summed E-state index contributed by atoms with van der Waals surface area (Å²) in [5, 5.41) is 4.88. The summed E-state index contributed by atoms with van der Waals surface area (Å²) in [5.41, 5.74) is 1.98. The fraction of sp³-hybridized carbons (Fsp3) is 0.273. The van der Waals surface area contributed by atoms with E-state index in [-0.39, 0.29) is 11.6 Å². The molecule has 1 aromatic carbocycles. The van der Waals surface area contributed by atoms with Crippen molar-refractivity contribution in [3.63, 3.8) is 0 Å². The van der Waals surface area contributed by atoms with E-state index in [0.717, 1.165) is 34.7 Å². The Labute approximate surface area is 171 Å². The Morgan fingerprint density at radius 2 is 2.04 bits per heavy atom. The first kappa shape index (κ1) is 17.8. The van der Waals surface area contributed by atoms with Gasteiger partial charge in [-0.25, -0.2) is 4.98 Å². The quantitative estimate of drug-likeness (QED) is 0.478. The molecule has 0 bridgehead atoms. The Balaban J connectivity index is 1.53. The first-order valence-corrected chi connectivity index (χ1v) is 11.3. The van der Waals surface area contributed by atoms with Crippen LogP contribution >= 0.6 is 22.7 Å². The van der Waals surface area contributed by atoms with Crippen LogP contribution in [0.3, 0.4) is 0 Å². The SMILES string of the molecule is C[C@H](c1nc2scc(-c3ccccc3)c2c(=O)[nH]1)N1CCC[C@@H]1c1cccs1. The molecule has 1 aliphatic heterocycles. The molecule has 3 aromatic heterocycles. The third-order valence-electron chi connectivity index (χ3n) is 5.61. The van der Waals surface area contributed by atoms with Crippen molar-refractivity contribution in [3.8, 4) is 11.1 Å². The van der Waals surface area contributed by atoms with Gasteiger partial charge in [0.05, 0.1) is 11.4 Å². The van der Waals surface area contributed by atoms with Crippen molar-refractivity contribution in [2.75, 3.05) is 6.54 Å². The second-order valence-corrected chi connectivity index (χ2v) is 9.07. The van der Waals surface area contributed by atoms with E-state index in [1.807, 2.05) is 47.0 Å². The fourth-order valence-corrected chi connectivity index (χ4v) is 6.03. The van der Waals surface area contributed by atoms with Gasteiger partial charge >= 0.3 is 0 Å². The third kappa shape index (κ3) is 3.02. The molecule has 4 heterocycles. The number of fused-ring (bicyclic) bond motifs is 1. The molecular weight excluding hydrogens is 386 g/mol. The first-order valence-electron chi connectivity index (χ1n) is 9.58. The number of nitrogens with zero attached hydrogens (tertiary/aromatic N) is 2. The maximum absolute atomic E-state index is 13.0. The van der Waals surface area contributed by atoms with Crippen LogP contribution in [0.2, 0.25) is 0 Å². The molecule has 1 N–H and O–H groups in total. The summed E-state index contributed by atoms with van der Waals surface area (Å²) in [6, 6.07) is 14.9. The van der Waals surface area contributed by atoms with Gasteiger partial charge in [0.15, 0.2) is 0 Å². The van der Waals surface area contributed by atoms with Crippen molar-refractivity contribution in [2.45, 2.75) is 31.8 Å². The number of aromatic amines is 1. The van der Waals surface area contributed by atoms with Crippen LogP contribution in [-0.4, -0.2) is 21.4 Å². The summed E-state index contributed by atoms with van der Waals surface area (Å²) < 4.78 is 0. The van der Waals surface area contributed by atoms with E-state index < -0.39 is 0 Å². The van der Waals surface area contributed by atoms with Gasteiger partial charge in [-0.3, -0.25) is 9.69 Å². The summed E-state index contributed by atoms with van der Waals surface area (Å²) in [6.45, 7) is 3.19. The molecule has 0 amide bonds. The van der Waals surface area contributed by atoms with E-state index in [2.05, 4.69) is 34.3 Å². The summed E-state index contributed by atoms with van der Waals surface area (Å²) >= 11 is 3.36. The van der Waals surface area contributed by atoms with Gasteiger partial charge in [-0.1, -0.05) is 36.4 Å². The summed E-state index contributed by atoms with van der Waals surface area (Å²) in [4.78, 5) is 25.6. The monoisotopic (exact) mass is 407 g/mol. The number of hydrogen-bond donors (Lipinski definition) is 1. The van der Waals surface area contributed by atoms with E-state index in [9.17, 15) is 4.79 Å². The predicted octanol–water partition coefficient (Wildman–Crippen LogP) is 5.61. The number of H-pyrrole nitrogens is 1. The molecule has 5 rings (SSSR count). The average Bonchev–Trinajstić information content (AvgIpc) is 3.47. The number of benzene rings is 1. The van der Waals surface area contributed by atoms with Crippen molar-refractivity contribution in [2.24, 2.45) is 0 Å². The molecule has 2 atom stereocenters. The molecule has 1 fully saturated rings. The Bertz CT molecular complexity index is 1150. The highest BCUT2D eigenvalue weighted by Gasteiger charge is 2.32. The van der Waals surface area contributed by atoms with E-state index in [1.54, 1.807) is 11.3 Å². The van der Waals surface area contributed by atoms with Crippen molar-refractivity contribution < 1.29 is 0 Å². The fourth-order valence-electron chi connectivity index (χ4n) is 4.19. The topological polar surface area (TPSA) is 49.0 Å². The van der Waals surface area contributed by atoms with Gasteiger partial charge < -0.3 is 4.98 Å². The standard InChI is InChI=1S/C22H21N3OS2/c1-14(25-11-5-9-17(25)18-10-6-12-27-18)20-23-21(26)19-16(13-28-22(19)24-20)15-7-3-2-4-8-15/h2-4,6-8,10,12-14,17H,5,9,11H2,1H3,(H,23,24,26)/t14-,17-/m1/s1. The van der Waals surface area contributed by atoms with Crippen molar-refractivity contribution in [1.29, 1.82) is 0 Å². The predicted molar refractivity (Wildman–Crippen MR) is 117 cm³/mol. The minimum Gasteiger partial charge on any atom is -0.309 e. The first-order chi connectivity index (χ1) is 13.7. The number of hydrogen-bond acceptors (Lipinski definition) is 5. The Morgan fingerprint density at radius 1 is 1.18 bits per heavy atom. The molecule has 0 spiro atoms. The summed E-state index contributed by atoms with van der Waals surface area (Å²) in [7, 11) is 0. The molecule has 0 unspecified atom stereocenters. The average molecular weight is 408 g/mol. The number of thiophene rings is 2. The number of aromatic nitrogens is 2. The normalized spacial score (nSPS) is 18.7. The van der Waals surface area contributed by atoms with Crippen LogP contribution in [0.5, 0.6) is 0 Å². The molecule has 4 nitrogen and oxygen atoms in total. The molecular formula is C22H21N3OS2. The number of nitrogens with one attached hydrogen (secondary N) is 1. The van der Waals surface area contributed by atoms with Crippen LogP contribution in [0, 0.1) is 0 Å². The summed E-state index contributed by atoms with van der Waals surface area (Å²) in [6.07, 6.45) is 2.34. The van der Waals surface area contributed by atoms with Gasteiger partial charge in [0.25, 0.3) is 5.56 Å². The molecule has 0 radical (unpaired) electrons. The number of likely N-dealkylation sites (tertiary alicyclic amines) is 1. The minimum absolute atomic E-state index is 0.0428. The summed E-state index contributed by atoms with van der Waals surface area (Å²) in [5.74, 6) is 0.766. The lowest BCUT2D eigenvalue weighted by atomic mass is 10.1. The zero-order valence-corrected chi connectivity index (χ0v) is 17.2. The highest BCUT2D eigenvalue weighted by molar-refractivity contribution is 7.17. The molecule has 6 heteroatoms. The third-order valence-corrected chi connectivity index (χ3v) is 7.45. The van der Waals surface area contributed by atoms with E-state index in [0.29, 0.717) is 11.4 Å². The highest BCUT2D eigenvalue weighted by Crippen LogP contribution is 2.40. The van der Waals surface area contributed by atoms with Gasteiger partial charge in [0, 0.05) is 21.9 Å². The zero-order valence-electron chi connectivity index (χ0n) is 15.6. The lowest BCUT2D eigenvalue weighted by molar-refractivity contribution is 0.189. The Hall–Kier alpha value is -2.28. The van der Waals surface area contributed by atoms with Crippen LogP contribution in [0.1, 0.15) is 42.6 Å². The highest BCUT2D eigenvalue weighted by atomic mass is 32.1. The van der Waals surface area contributed by atoms with Gasteiger partial charge in [0.1, 0.15) is 10.7 Å². The van der Waals surface area contributed by atoms with E-state index >= 15 is 0 Å². The molecule has 142 valence electrons. The molecule has 1 saturated heterocycles. The van der Waals surface area contributed by atoms with Crippen LogP contribution in [0.25, 0.3) is 21.3 Å². The maximum atomic E-state index is 13.0. The number of rotatable bonds is 4. The second-order valence-electron chi connectivity index (χ2n) is 7.23. The lowest BCUT2D eigenvalue weighted by Gasteiger charge is -2.29. The Kier molecular flexibility index (Phi) is 4.62. The molecule has 28 heavy (non-hydrogen) atoms. The van der Waals surface area contributed by atoms with Gasteiger partial charge in [0.2, 0.25) is 0 Å². The van der Waals surface area contributed by atoms with Crippen LogP contribution < -0.4 is 5.56 Å². The maximum Gasteiger partial charge on any atom is 0.260 e. The van der Waals surface area contributed by atoms with Gasteiger partial charge in [-0.15, -0.1) is 22.7 Å². The van der Waals surface area contributed by atoms with Crippen molar-refractivity contribution in [3.05, 3.63) is 74.3 Å². The van der Waals surface area contributed by atoms with Gasteiger partial charge in [-0.2, -0.15) is 0 Å². The van der Waals surface area contributed by atoms with Gasteiger partial charge in [-0.05, 0) is 43.3 Å². The molecule has 4 aromatic rings. The zero-order chi connectivity index (χ0) is 19.1. The minimum atomic E-state index is -0.0428. The Morgan fingerprint density at radius 3 is 2.82 bits per heavy atom. The lowest BCUT2D eigenvalue weighted by Crippen LogP contribution is -2.29. The largest absolute Gasteiger partial charge is 0.309 e. The van der Waals surface area contributed by atoms with Crippen LogP contribution in [0.15, 0.2) is 58.0 Å². The molecule has 1 aliphatic rings. The van der Waals surface area contributed by atoms with E-state index in [4.69, 9.17) is 4.98 Å². The smallest absolute Gasteiger partial charge is 0.260 e.